The second-order valence-corrected chi connectivity index (χ2v) is 12.4. The van der Waals surface area contributed by atoms with Crippen LogP contribution in [0.1, 0.15) is 18.1 Å². The summed E-state index contributed by atoms with van der Waals surface area (Å²) in [6.45, 7) is 1.58. The van der Waals surface area contributed by atoms with E-state index in [9.17, 15) is 18.0 Å². The van der Waals surface area contributed by atoms with Gasteiger partial charge in [0.15, 0.2) is 0 Å². The molecule has 236 valence electrons. The second kappa shape index (κ2) is 15.5. The van der Waals surface area contributed by atoms with E-state index in [0.717, 1.165) is 9.87 Å². The number of rotatable bonds is 14. The van der Waals surface area contributed by atoms with Crippen LogP contribution in [0.15, 0.2) is 108 Å². The second-order valence-electron chi connectivity index (χ2n) is 10.1. The van der Waals surface area contributed by atoms with Crippen LogP contribution in [0.4, 0.5) is 5.69 Å². The van der Waals surface area contributed by atoms with E-state index in [-0.39, 0.29) is 29.5 Å². The van der Waals surface area contributed by atoms with Crippen LogP contribution in [-0.2, 0) is 32.6 Å². The summed E-state index contributed by atoms with van der Waals surface area (Å²) in [6, 6.07) is 27.8. The third kappa shape index (κ3) is 8.55. The van der Waals surface area contributed by atoms with E-state index >= 15 is 0 Å². The molecule has 0 aromatic heterocycles. The van der Waals surface area contributed by atoms with Crippen molar-refractivity contribution in [3.63, 3.8) is 0 Å². The number of benzene rings is 4. The van der Waals surface area contributed by atoms with Gasteiger partial charge in [0.05, 0.1) is 24.8 Å². The zero-order valence-electron chi connectivity index (χ0n) is 25.4. The topological polar surface area (TPSA) is 105 Å². The minimum absolute atomic E-state index is 0.0244. The molecule has 9 nitrogen and oxygen atoms in total. The summed E-state index contributed by atoms with van der Waals surface area (Å²) in [4.78, 5) is 29.4. The Balaban J connectivity index is 1.80. The molecule has 1 atom stereocenters. The van der Waals surface area contributed by atoms with Crippen molar-refractivity contribution in [2.75, 3.05) is 31.6 Å². The number of likely N-dealkylation sites (N-methyl/N-ethyl adjacent to an activating group) is 1. The van der Waals surface area contributed by atoms with Gasteiger partial charge >= 0.3 is 0 Å². The summed E-state index contributed by atoms with van der Waals surface area (Å²) < 4.78 is 39.8. The number of ether oxygens (including phenoxy) is 2. The molecule has 0 aliphatic carbocycles. The van der Waals surface area contributed by atoms with Crippen LogP contribution in [0.25, 0.3) is 0 Å². The molecule has 0 radical (unpaired) electrons. The number of anilines is 1. The number of hydrogen-bond acceptors (Lipinski definition) is 6. The lowest BCUT2D eigenvalue weighted by Crippen LogP contribution is -2.53. The largest absolute Gasteiger partial charge is 0.497 e. The molecule has 0 bridgehead atoms. The number of hydrogen-bond donors (Lipinski definition) is 1. The first-order valence-electron chi connectivity index (χ1n) is 14.3. The first-order chi connectivity index (χ1) is 21.7. The third-order valence-corrected chi connectivity index (χ3v) is 9.15. The lowest BCUT2D eigenvalue weighted by molar-refractivity contribution is -0.140. The van der Waals surface area contributed by atoms with Gasteiger partial charge in [0.2, 0.25) is 11.8 Å². The smallest absolute Gasteiger partial charge is 0.264 e. The van der Waals surface area contributed by atoms with Crippen LogP contribution in [0.5, 0.6) is 11.5 Å². The van der Waals surface area contributed by atoms with Crippen molar-refractivity contribution in [2.45, 2.75) is 30.8 Å². The average molecular weight is 650 g/mol. The van der Waals surface area contributed by atoms with Crippen molar-refractivity contribution in [1.82, 2.24) is 10.2 Å². The van der Waals surface area contributed by atoms with Crippen LogP contribution in [-0.4, -0.2) is 58.5 Å². The van der Waals surface area contributed by atoms with Crippen molar-refractivity contribution >= 4 is 39.1 Å². The highest BCUT2D eigenvalue weighted by Crippen LogP contribution is 2.28. The van der Waals surface area contributed by atoms with Crippen LogP contribution in [0.3, 0.4) is 0 Å². The first kappa shape index (κ1) is 33.4. The van der Waals surface area contributed by atoms with Gasteiger partial charge in [0, 0.05) is 24.5 Å². The predicted molar refractivity (Wildman–Crippen MR) is 175 cm³/mol. The number of amides is 2. The molecule has 0 unspecified atom stereocenters. The van der Waals surface area contributed by atoms with Crippen LogP contribution < -0.4 is 19.1 Å². The SMILES string of the molecule is CCNC(=O)[C@H](Cc1ccccc1)N(Cc1cccc(OC)c1)C(=O)CN(c1cccc(Cl)c1)S(=O)(=O)c1ccc(OC)cc1. The van der Waals surface area contributed by atoms with E-state index in [1.54, 1.807) is 50.4 Å². The Bertz CT molecular complexity index is 1700. The van der Waals surface area contributed by atoms with E-state index in [2.05, 4.69) is 5.32 Å². The zero-order valence-corrected chi connectivity index (χ0v) is 26.9. The van der Waals surface area contributed by atoms with Gasteiger partial charge < -0.3 is 19.7 Å². The fraction of sp³-hybridized carbons (Fsp3) is 0.235. The molecule has 4 aromatic rings. The summed E-state index contributed by atoms with van der Waals surface area (Å²) in [7, 11) is -1.24. The minimum atomic E-state index is -4.27. The van der Waals surface area contributed by atoms with Gasteiger partial charge in [-0.1, -0.05) is 60.1 Å². The fourth-order valence-corrected chi connectivity index (χ4v) is 6.44. The van der Waals surface area contributed by atoms with Gasteiger partial charge in [-0.05, 0) is 72.6 Å². The van der Waals surface area contributed by atoms with Gasteiger partial charge in [-0.3, -0.25) is 13.9 Å². The van der Waals surface area contributed by atoms with Gasteiger partial charge in [-0.25, -0.2) is 8.42 Å². The molecule has 45 heavy (non-hydrogen) atoms. The van der Waals surface area contributed by atoms with E-state index in [1.807, 2.05) is 36.4 Å². The molecule has 0 aliphatic heterocycles. The number of methoxy groups -OCH3 is 2. The average Bonchev–Trinajstić information content (AvgIpc) is 3.05. The maximum Gasteiger partial charge on any atom is 0.264 e. The molecule has 4 aromatic carbocycles. The van der Waals surface area contributed by atoms with Gasteiger partial charge in [0.1, 0.15) is 24.1 Å². The molecule has 0 spiro atoms. The standard InChI is InChI=1S/C34H36ClN3O6S/c1-4-36-34(40)32(21-25-10-6-5-7-11-25)37(23-26-12-8-15-30(20-26)44-3)33(39)24-38(28-14-9-13-27(35)22-28)45(41,42)31-18-16-29(43-2)17-19-31/h5-20,22,32H,4,21,23-24H2,1-3H3,(H,36,40)/t32-/m0/s1. The third-order valence-electron chi connectivity index (χ3n) is 7.13. The maximum absolute atomic E-state index is 14.4. The molecule has 4 rings (SSSR count). The Morgan fingerprint density at radius 2 is 1.49 bits per heavy atom. The predicted octanol–water partition coefficient (Wildman–Crippen LogP) is 5.33. The Morgan fingerprint density at radius 3 is 2.13 bits per heavy atom. The number of carbonyl (C=O) groups is 2. The maximum atomic E-state index is 14.4. The van der Waals surface area contributed by atoms with Gasteiger partial charge in [0.25, 0.3) is 10.0 Å². The molecule has 0 heterocycles. The van der Waals surface area contributed by atoms with E-state index in [0.29, 0.717) is 28.6 Å². The lowest BCUT2D eigenvalue weighted by Gasteiger charge is -2.34. The summed E-state index contributed by atoms with van der Waals surface area (Å²) >= 11 is 6.28. The number of nitrogens with zero attached hydrogens (tertiary/aromatic N) is 2. The quantitative estimate of drug-likeness (QED) is 0.198. The van der Waals surface area contributed by atoms with Crippen LogP contribution >= 0.6 is 11.6 Å². The van der Waals surface area contributed by atoms with Crippen molar-refractivity contribution in [3.8, 4) is 11.5 Å². The van der Waals surface area contributed by atoms with E-state index < -0.39 is 28.5 Å². The highest BCUT2D eigenvalue weighted by atomic mass is 35.5. The van der Waals surface area contributed by atoms with Crippen LogP contribution in [0, 0.1) is 0 Å². The molecular formula is C34H36ClN3O6S. The normalized spacial score (nSPS) is 11.7. The van der Waals surface area contributed by atoms with Crippen LogP contribution in [0.2, 0.25) is 5.02 Å². The molecule has 0 aliphatic rings. The summed E-state index contributed by atoms with van der Waals surface area (Å²) in [5, 5.41) is 3.15. The molecular weight excluding hydrogens is 614 g/mol. The lowest BCUT2D eigenvalue weighted by atomic mass is 10.0. The van der Waals surface area contributed by atoms with Crippen molar-refractivity contribution in [1.29, 1.82) is 0 Å². The molecule has 0 saturated carbocycles. The summed E-state index contributed by atoms with van der Waals surface area (Å²) in [5.74, 6) is 0.127. The zero-order chi connectivity index (χ0) is 32.4. The highest BCUT2D eigenvalue weighted by molar-refractivity contribution is 7.92. The number of nitrogens with one attached hydrogen (secondary N) is 1. The Hall–Kier alpha value is -4.54. The number of carbonyl (C=O) groups excluding carboxylic acids is 2. The summed E-state index contributed by atoms with van der Waals surface area (Å²) in [5.41, 5.74) is 1.75. The molecule has 0 saturated heterocycles. The molecule has 0 fully saturated rings. The Labute approximate surface area is 269 Å². The number of sulfonamides is 1. The molecule has 2 amide bonds. The summed E-state index contributed by atoms with van der Waals surface area (Å²) in [6.07, 6.45) is 0.213. The van der Waals surface area contributed by atoms with Crippen molar-refractivity contribution < 1.29 is 27.5 Å². The molecule has 11 heteroatoms. The van der Waals surface area contributed by atoms with Gasteiger partial charge in [-0.15, -0.1) is 0 Å². The van der Waals surface area contributed by atoms with Gasteiger partial charge in [-0.2, -0.15) is 0 Å². The molecule has 1 N–H and O–H groups in total. The van der Waals surface area contributed by atoms with Crippen molar-refractivity contribution in [2.24, 2.45) is 0 Å². The minimum Gasteiger partial charge on any atom is -0.497 e. The van der Waals surface area contributed by atoms with Crippen molar-refractivity contribution in [3.05, 3.63) is 119 Å². The highest BCUT2D eigenvalue weighted by Gasteiger charge is 2.34. The Kier molecular flexibility index (Phi) is 11.5. The van der Waals surface area contributed by atoms with E-state index in [1.165, 1.54) is 42.3 Å². The number of halogens is 1. The monoisotopic (exact) mass is 649 g/mol. The Morgan fingerprint density at radius 1 is 0.822 bits per heavy atom. The fourth-order valence-electron chi connectivity index (χ4n) is 4.85. The first-order valence-corrected chi connectivity index (χ1v) is 16.1. The van der Waals surface area contributed by atoms with E-state index in [4.69, 9.17) is 21.1 Å².